The predicted molar refractivity (Wildman–Crippen MR) is 81.0 cm³/mol. The maximum absolute atomic E-state index is 14.6. The second kappa shape index (κ2) is 4.82. The lowest BCUT2D eigenvalue weighted by atomic mass is 9.84. The summed E-state index contributed by atoms with van der Waals surface area (Å²) < 4.78 is 26.1. The highest BCUT2D eigenvalue weighted by atomic mass is 32.1. The first-order valence-electron chi connectivity index (χ1n) is 6.50. The number of nitrogen functional groups attached to an aromatic ring is 1. The molecule has 7 heteroatoms. The Morgan fingerprint density at radius 1 is 1.25 bits per heavy atom. The average molecular weight is 298 g/mol. The van der Waals surface area contributed by atoms with Gasteiger partial charge in [-0.25, -0.2) is 9.37 Å². The first-order valence-corrected chi connectivity index (χ1v) is 7.32. The van der Waals surface area contributed by atoms with Crippen molar-refractivity contribution in [3.63, 3.8) is 0 Å². The summed E-state index contributed by atoms with van der Waals surface area (Å²) in [5.74, 6) is 0. The summed E-state index contributed by atoms with van der Waals surface area (Å²) in [5.41, 5.74) is 5.31. The Labute approximate surface area is 123 Å². The van der Waals surface area contributed by atoms with E-state index in [0.29, 0.717) is 10.7 Å². The Morgan fingerprint density at radius 3 is 2.15 bits per heavy atom. The molecule has 20 heavy (non-hydrogen) atoms. The molecule has 1 aromatic heterocycles. The van der Waals surface area contributed by atoms with E-state index in [1.54, 1.807) is 6.92 Å². The van der Waals surface area contributed by atoms with Gasteiger partial charge in [0.2, 0.25) is 0 Å². The van der Waals surface area contributed by atoms with E-state index in [9.17, 15) is 4.39 Å². The highest BCUT2D eigenvalue weighted by Gasteiger charge is 2.53. The van der Waals surface area contributed by atoms with Crippen molar-refractivity contribution in [3.8, 4) is 0 Å². The smallest absolute Gasteiger partial charge is 0.398 e. The Morgan fingerprint density at radius 2 is 1.75 bits per heavy atom. The van der Waals surface area contributed by atoms with Gasteiger partial charge < -0.3 is 15.0 Å². The fraction of sp³-hybridized carbons (Fsp3) is 0.615. The van der Waals surface area contributed by atoms with Gasteiger partial charge in [-0.1, -0.05) is 11.3 Å². The molecule has 0 unspecified atom stereocenters. The van der Waals surface area contributed by atoms with Gasteiger partial charge in [0.15, 0.2) is 5.13 Å². The summed E-state index contributed by atoms with van der Waals surface area (Å²) in [6.07, 6.45) is 0. The van der Waals surface area contributed by atoms with Crippen LogP contribution in [0.5, 0.6) is 0 Å². The Hall–Kier alpha value is -0.915. The van der Waals surface area contributed by atoms with Crippen LogP contribution < -0.4 is 5.73 Å². The third-order valence-electron chi connectivity index (χ3n) is 3.97. The van der Waals surface area contributed by atoms with Crippen molar-refractivity contribution in [1.29, 1.82) is 0 Å². The molecule has 2 N–H and O–H groups in total. The number of nitrogens with zero attached hydrogens (tertiary/aromatic N) is 1. The zero-order valence-corrected chi connectivity index (χ0v) is 13.5. The number of hydrogen-bond donors (Lipinski definition) is 1. The van der Waals surface area contributed by atoms with E-state index in [1.165, 1.54) is 11.3 Å². The highest BCUT2D eigenvalue weighted by molar-refractivity contribution is 7.16. The summed E-state index contributed by atoms with van der Waals surface area (Å²) in [6, 6.07) is 0. The minimum absolute atomic E-state index is 0.421. The van der Waals surface area contributed by atoms with E-state index < -0.39 is 24.0 Å². The van der Waals surface area contributed by atoms with Crippen molar-refractivity contribution < 1.29 is 13.7 Å². The molecule has 1 aromatic rings. The second-order valence-corrected chi connectivity index (χ2v) is 7.06. The van der Waals surface area contributed by atoms with Crippen molar-refractivity contribution >= 4 is 29.2 Å². The van der Waals surface area contributed by atoms with Crippen LogP contribution in [-0.2, 0) is 9.31 Å². The molecule has 0 bridgehead atoms. The van der Waals surface area contributed by atoms with E-state index in [-0.39, 0.29) is 0 Å². The van der Waals surface area contributed by atoms with Crippen LogP contribution in [0, 0.1) is 6.92 Å². The van der Waals surface area contributed by atoms with Gasteiger partial charge in [0.1, 0.15) is 5.73 Å². The molecule has 0 saturated carbocycles. The van der Waals surface area contributed by atoms with Gasteiger partial charge in [-0.15, -0.1) is 0 Å². The molecular formula is C13H20BFN2O2S. The van der Waals surface area contributed by atoms with Crippen molar-refractivity contribution in [1.82, 2.24) is 4.98 Å². The summed E-state index contributed by atoms with van der Waals surface area (Å²) in [4.78, 5) is 4.84. The van der Waals surface area contributed by atoms with Crippen molar-refractivity contribution in [3.05, 3.63) is 16.3 Å². The molecule has 2 heterocycles. The maximum Gasteiger partial charge on any atom is 0.525 e. The van der Waals surface area contributed by atoms with Crippen molar-refractivity contribution in [2.24, 2.45) is 0 Å². The summed E-state index contributed by atoms with van der Waals surface area (Å²) in [6.45, 7) is 11.1. The molecule has 4 nitrogen and oxygen atoms in total. The van der Waals surface area contributed by atoms with Crippen LogP contribution in [-0.4, -0.2) is 23.3 Å². The van der Waals surface area contributed by atoms with E-state index in [2.05, 4.69) is 4.98 Å². The normalized spacial score (nSPS) is 22.1. The van der Waals surface area contributed by atoms with Gasteiger partial charge >= 0.3 is 7.12 Å². The van der Waals surface area contributed by atoms with Crippen LogP contribution in [0.1, 0.15) is 45.2 Å². The van der Waals surface area contributed by atoms with Crippen LogP contribution in [0.3, 0.4) is 0 Å². The molecule has 0 aromatic carbocycles. The predicted octanol–water partition coefficient (Wildman–Crippen LogP) is 3.37. The van der Waals surface area contributed by atoms with Gasteiger partial charge in [0.25, 0.3) is 0 Å². The summed E-state index contributed by atoms with van der Waals surface area (Å²) in [5, 5.41) is 0.429. The van der Waals surface area contributed by atoms with E-state index in [4.69, 9.17) is 15.0 Å². The van der Waals surface area contributed by atoms with Gasteiger partial charge in [0, 0.05) is 0 Å². The molecular weight excluding hydrogens is 278 g/mol. The van der Waals surface area contributed by atoms with E-state index in [0.717, 1.165) is 10.6 Å². The van der Waals surface area contributed by atoms with Crippen molar-refractivity contribution in [2.45, 2.75) is 52.7 Å². The number of allylic oxidation sites excluding steroid dienone is 1. The molecule has 2 rings (SSSR count). The molecule has 0 atom stereocenters. The summed E-state index contributed by atoms with van der Waals surface area (Å²) >= 11 is 1.27. The van der Waals surface area contributed by atoms with Crippen LogP contribution in [0.25, 0.3) is 5.57 Å². The minimum Gasteiger partial charge on any atom is -0.398 e. The van der Waals surface area contributed by atoms with Crippen LogP contribution >= 0.6 is 11.3 Å². The zero-order chi connectivity index (χ0) is 15.3. The first-order chi connectivity index (χ1) is 9.05. The largest absolute Gasteiger partial charge is 0.525 e. The Balaban J connectivity index is 2.34. The van der Waals surface area contributed by atoms with Crippen molar-refractivity contribution in [2.75, 3.05) is 5.73 Å². The quantitative estimate of drug-likeness (QED) is 0.851. The monoisotopic (exact) mass is 298 g/mol. The molecule has 0 aliphatic carbocycles. The molecule has 1 fully saturated rings. The topological polar surface area (TPSA) is 57.4 Å². The van der Waals surface area contributed by atoms with E-state index >= 15 is 0 Å². The fourth-order valence-electron chi connectivity index (χ4n) is 2.00. The lowest BCUT2D eigenvalue weighted by molar-refractivity contribution is 0.00578. The van der Waals surface area contributed by atoms with Crippen LogP contribution in [0.15, 0.2) is 5.73 Å². The fourth-order valence-corrected chi connectivity index (χ4v) is 2.83. The Kier molecular flexibility index (Phi) is 3.73. The van der Waals surface area contributed by atoms with Crippen LogP contribution in [0.2, 0.25) is 0 Å². The van der Waals surface area contributed by atoms with Gasteiger partial charge in [-0.05, 0) is 47.1 Å². The van der Waals surface area contributed by atoms with Crippen LogP contribution in [0.4, 0.5) is 9.52 Å². The number of anilines is 1. The molecule has 1 aliphatic heterocycles. The lowest BCUT2D eigenvalue weighted by Crippen LogP contribution is -2.41. The molecule has 1 saturated heterocycles. The standard InChI is InChI=1S/C13H20BFN2O2S/c1-7(9-8(2)17-11(16)20-9)10(15)14-18-12(3,4)13(5,6)19-14/h1-6H3,(H2,16,17). The third kappa shape index (κ3) is 2.50. The molecule has 110 valence electrons. The number of nitrogens with two attached hydrogens (primary N) is 1. The highest BCUT2D eigenvalue weighted by Crippen LogP contribution is 2.41. The number of hydrogen-bond acceptors (Lipinski definition) is 5. The van der Waals surface area contributed by atoms with Gasteiger partial charge in [-0.2, -0.15) is 0 Å². The molecule has 1 aliphatic rings. The second-order valence-electron chi connectivity index (χ2n) is 6.03. The first kappa shape index (κ1) is 15.5. The Bertz CT molecular complexity index is 553. The maximum atomic E-state index is 14.6. The lowest BCUT2D eigenvalue weighted by Gasteiger charge is -2.32. The number of thiazole rings is 1. The number of aromatic nitrogens is 1. The zero-order valence-electron chi connectivity index (χ0n) is 12.7. The van der Waals surface area contributed by atoms with Gasteiger partial charge in [-0.3, -0.25) is 0 Å². The summed E-state index contributed by atoms with van der Waals surface area (Å²) in [7, 11) is -0.984. The average Bonchev–Trinajstić information content (AvgIpc) is 2.74. The number of aryl methyl sites for hydroxylation is 1. The molecule has 0 amide bonds. The van der Waals surface area contributed by atoms with E-state index in [1.807, 2.05) is 34.6 Å². The minimum atomic E-state index is -0.984. The molecule has 0 spiro atoms. The third-order valence-corrected chi connectivity index (χ3v) is 5.08. The SMILES string of the molecule is CC(=C(F)B1OC(C)(C)C(C)(C)O1)c1sc(N)nc1C. The number of halogens is 1. The number of rotatable bonds is 2. The molecule has 0 radical (unpaired) electrons. The van der Waals surface area contributed by atoms with Gasteiger partial charge in [0.05, 0.1) is 21.8 Å².